The molecule has 0 saturated carbocycles. The molecule has 2 N–H and O–H groups in total. The zero-order chi connectivity index (χ0) is 13.2. The summed E-state index contributed by atoms with van der Waals surface area (Å²) < 4.78 is 25.9. The molecule has 1 aromatic rings. The third-order valence-electron chi connectivity index (χ3n) is 3.22. The molecule has 0 bridgehead atoms. The minimum atomic E-state index is -3.51. The van der Waals surface area contributed by atoms with Crippen LogP contribution < -0.4 is 0 Å². The summed E-state index contributed by atoms with van der Waals surface area (Å²) >= 11 is 0. The number of piperidine rings is 1. The summed E-state index contributed by atoms with van der Waals surface area (Å²) in [4.78, 5) is 6.34. The maximum absolute atomic E-state index is 12.3. The highest BCUT2D eigenvalue weighted by Crippen LogP contribution is 2.22. The smallest absolute Gasteiger partial charge is 0.260 e. The highest BCUT2D eigenvalue weighted by atomic mass is 32.2. The van der Waals surface area contributed by atoms with Gasteiger partial charge in [-0.25, -0.2) is 13.4 Å². The van der Waals surface area contributed by atoms with Gasteiger partial charge in [0, 0.05) is 25.4 Å². The Balaban J connectivity index is 2.21. The fraction of sp³-hybridized carbons (Fsp3) is 0.600. The van der Waals surface area contributed by atoms with Crippen molar-refractivity contribution < 1.29 is 13.6 Å². The number of H-pyrrole nitrogens is 1. The third-order valence-corrected chi connectivity index (χ3v) is 5.02. The van der Waals surface area contributed by atoms with Crippen molar-refractivity contribution in [2.24, 2.45) is 11.1 Å². The van der Waals surface area contributed by atoms with Gasteiger partial charge in [-0.3, -0.25) is 0 Å². The van der Waals surface area contributed by atoms with Crippen LogP contribution >= 0.6 is 0 Å². The molecule has 1 atom stereocenters. The van der Waals surface area contributed by atoms with Gasteiger partial charge in [-0.05, 0) is 6.42 Å². The predicted molar refractivity (Wildman–Crippen MR) is 65.0 cm³/mol. The molecule has 1 saturated heterocycles. The van der Waals surface area contributed by atoms with E-state index in [9.17, 15) is 8.42 Å². The average molecular weight is 272 g/mol. The van der Waals surface area contributed by atoms with Crippen molar-refractivity contribution in [2.45, 2.75) is 24.8 Å². The van der Waals surface area contributed by atoms with Gasteiger partial charge in [-0.2, -0.15) is 4.31 Å². The normalized spacial score (nSPS) is 24.5. The molecule has 0 aliphatic carbocycles. The van der Waals surface area contributed by atoms with Gasteiger partial charge in [0.2, 0.25) is 0 Å². The summed E-state index contributed by atoms with van der Waals surface area (Å²) in [6.45, 7) is 2.62. The minimum absolute atomic E-state index is 0.0264. The molecule has 1 aromatic heterocycles. The van der Waals surface area contributed by atoms with Crippen LogP contribution in [0.3, 0.4) is 0 Å². The molecule has 1 unspecified atom stereocenters. The molecular weight excluding hydrogens is 256 g/mol. The Morgan fingerprint density at radius 3 is 3.00 bits per heavy atom. The molecule has 1 aliphatic heterocycles. The summed E-state index contributed by atoms with van der Waals surface area (Å²) in [7, 11) is -3.51. The predicted octanol–water partition coefficient (Wildman–Crippen LogP) is 0.661. The van der Waals surface area contributed by atoms with Gasteiger partial charge >= 0.3 is 0 Å². The SMILES string of the molecule is CCC1CN(S(=O)(=O)c2cnc[nH]2)CCC1=NO. The van der Waals surface area contributed by atoms with Crippen molar-refractivity contribution in [3.8, 4) is 0 Å². The number of nitrogens with one attached hydrogen (secondary N) is 1. The summed E-state index contributed by atoms with van der Waals surface area (Å²) in [6, 6.07) is 0. The molecule has 2 rings (SSSR count). The molecule has 0 spiro atoms. The van der Waals surface area contributed by atoms with Crippen molar-refractivity contribution in [3.05, 3.63) is 12.5 Å². The highest BCUT2D eigenvalue weighted by molar-refractivity contribution is 7.89. The number of hydrogen-bond acceptors (Lipinski definition) is 5. The molecule has 8 heteroatoms. The standard InChI is InChI=1S/C10H16N4O3S/c1-2-8-6-14(4-3-9(8)13-15)18(16,17)10-5-11-7-12-10/h5,7-8,15H,2-4,6H2,1H3,(H,11,12). The van der Waals surface area contributed by atoms with E-state index in [4.69, 9.17) is 5.21 Å². The molecule has 1 fully saturated rings. The van der Waals surface area contributed by atoms with Crippen LogP contribution in [0.4, 0.5) is 0 Å². The van der Waals surface area contributed by atoms with Gasteiger partial charge in [0.15, 0.2) is 5.03 Å². The number of hydrogen-bond donors (Lipinski definition) is 2. The van der Waals surface area contributed by atoms with E-state index in [1.165, 1.54) is 16.8 Å². The van der Waals surface area contributed by atoms with Crippen LogP contribution in [-0.4, -0.2) is 46.7 Å². The molecule has 18 heavy (non-hydrogen) atoms. The Morgan fingerprint density at radius 1 is 1.67 bits per heavy atom. The van der Waals surface area contributed by atoms with Crippen LogP contribution in [0.15, 0.2) is 22.7 Å². The van der Waals surface area contributed by atoms with Crippen LogP contribution in [0, 0.1) is 5.92 Å². The number of rotatable bonds is 3. The molecule has 0 radical (unpaired) electrons. The lowest BCUT2D eigenvalue weighted by molar-refractivity contribution is 0.295. The Labute approximate surface area is 106 Å². The molecular formula is C10H16N4O3S. The Hall–Kier alpha value is -1.41. The van der Waals surface area contributed by atoms with E-state index >= 15 is 0 Å². The van der Waals surface area contributed by atoms with Gasteiger partial charge in [0.05, 0.1) is 18.2 Å². The van der Waals surface area contributed by atoms with E-state index in [1.54, 1.807) is 0 Å². The lowest BCUT2D eigenvalue weighted by Crippen LogP contribution is -2.44. The number of nitrogens with zero attached hydrogens (tertiary/aromatic N) is 3. The third kappa shape index (κ3) is 2.25. The van der Waals surface area contributed by atoms with E-state index in [0.717, 1.165) is 6.42 Å². The fourth-order valence-electron chi connectivity index (χ4n) is 2.12. The first-order chi connectivity index (χ1) is 8.59. The van der Waals surface area contributed by atoms with Crippen molar-refractivity contribution in [1.82, 2.24) is 14.3 Å². The van der Waals surface area contributed by atoms with Crippen LogP contribution in [0.5, 0.6) is 0 Å². The summed E-state index contributed by atoms with van der Waals surface area (Å²) in [5.74, 6) is -0.0264. The highest BCUT2D eigenvalue weighted by Gasteiger charge is 2.33. The average Bonchev–Trinajstić information content (AvgIpc) is 2.92. The van der Waals surface area contributed by atoms with E-state index in [1.807, 2.05) is 6.92 Å². The number of aromatic nitrogens is 2. The zero-order valence-electron chi connectivity index (χ0n) is 10.1. The second-order valence-corrected chi connectivity index (χ2v) is 6.13. The van der Waals surface area contributed by atoms with Crippen LogP contribution in [-0.2, 0) is 10.0 Å². The van der Waals surface area contributed by atoms with Gasteiger partial charge in [-0.15, -0.1) is 0 Å². The molecule has 7 nitrogen and oxygen atoms in total. The van der Waals surface area contributed by atoms with Crippen LogP contribution in [0.2, 0.25) is 0 Å². The van der Waals surface area contributed by atoms with Crippen molar-refractivity contribution in [1.29, 1.82) is 0 Å². The van der Waals surface area contributed by atoms with E-state index in [0.29, 0.717) is 25.2 Å². The lowest BCUT2D eigenvalue weighted by Gasteiger charge is -2.31. The van der Waals surface area contributed by atoms with Crippen LogP contribution in [0.1, 0.15) is 19.8 Å². The Bertz CT molecular complexity index is 523. The first-order valence-electron chi connectivity index (χ1n) is 5.79. The topological polar surface area (TPSA) is 98.7 Å². The monoisotopic (exact) mass is 272 g/mol. The van der Waals surface area contributed by atoms with Crippen molar-refractivity contribution in [3.63, 3.8) is 0 Å². The van der Waals surface area contributed by atoms with Crippen LogP contribution in [0.25, 0.3) is 0 Å². The Morgan fingerprint density at radius 2 is 2.44 bits per heavy atom. The molecule has 1 aliphatic rings. The van der Waals surface area contributed by atoms with E-state index in [-0.39, 0.29) is 10.9 Å². The van der Waals surface area contributed by atoms with E-state index < -0.39 is 10.0 Å². The number of oxime groups is 1. The minimum Gasteiger partial charge on any atom is -0.411 e. The van der Waals surface area contributed by atoms with Gasteiger partial charge in [0.1, 0.15) is 0 Å². The van der Waals surface area contributed by atoms with Crippen molar-refractivity contribution in [2.75, 3.05) is 13.1 Å². The number of imidazole rings is 1. The molecule has 2 heterocycles. The summed E-state index contributed by atoms with van der Waals surface area (Å²) in [6.07, 6.45) is 3.84. The fourth-order valence-corrected chi connectivity index (χ4v) is 3.51. The molecule has 0 aromatic carbocycles. The van der Waals surface area contributed by atoms with Gasteiger partial charge in [-0.1, -0.05) is 12.1 Å². The zero-order valence-corrected chi connectivity index (χ0v) is 10.9. The first kappa shape index (κ1) is 13.0. The number of aromatic amines is 1. The molecule has 0 amide bonds. The maximum Gasteiger partial charge on any atom is 0.260 e. The van der Waals surface area contributed by atoms with Crippen molar-refractivity contribution >= 4 is 15.7 Å². The quantitative estimate of drug-likeness (QED) is 0.623. The first-order valence-corrected chi connectivity index (χ1v) is 7.23. The second kappa shape index (κ2) is 5.07. The summed E-state index contributed by atoms with van der Waals surface area (Å²) in [5.41, 5.74) is 0.675. The number of sulfonamides is 1. The Kier molecular flexibility index (Phi) is 3.67. The van der Waals surface area contributed by atoms with E-state index in [2.05, 4.69) is 15.1 Å². The summed E-state index contributed by atoms with van der Waals surface area (Å²) in [5, 5.41) is 12.2. The second-order valence-electron chi connectivity index (χ2n) is 4.23. The van der Waals surface area contributed by atoms with Gasteiger partial charge in [0.25, 0.3) is 10.0 Å². The van der Waals surface area contributed by atoms with Gasteiger partial charge < -0.3 is 10.2 Å². The molecule has 100 valence electrons. The lowest BCUT2D eigenvalue weighted by atomic mass is 9.95. The maximum atomic E-state index is 12.3. The largest absolute Gasteiger partial charge is 0.411 e.